The first-order chi connectivity index (χ1) is 9.85. The van der Waals surface area contributed by atoms with Crippen molar-refractivity contribution in [3.8, 4) is 0 Å². The van der Waals surface area contributed by atoms with Crippen molar-refractivity contribution >= 4 is 11.0 Å². The Bertz CT molecular complexity index is 611. The lowest BCUT2D eigenvalue weighted by Gasteiger charge is -2.46. The van der Waals surface area contributed by atoms with E-state index in [4.69, 9.17) is 4.42 Å². The molecule has 1 aliphatic rings. The Morgan fingerprint density at radius 3 is 2.52 bits per heavy atom. The Morgan fingerprint density at radius 1 is 1.14 bits per heavy atom. The summed E-state index contributed by atoms with van der Waals surface area (Å²) in [6.45, 7) is 10.0. The molecule has 1 aromatic heterocycles. The molecule has 114 valence electrons. The minimum absolute atomic E-state index is 0.178. The van der Waals surface area contributed by atoms with Crippen LogP contribution in [0, 0.1) is 0 Å². The van der Waals surface area contributed by atoms with Crippen LogP contribution in [0.1, 0.15) is 46.1 Å². The Morgan fingerprint density at radius 2 is 1.81 bits per heavy atom. The van der Waals surface area contributed by atoms with Gasteiger partial charge in [-0.1, -0.05) is 18.2 Å². The molecule has 3 nitrogen and oxygen atoms in total. The molecule has 0 saturated carbocycles. The fraction of sp³-hybridized carbons (Fsp3) is 0.556. The maximum Gasteiger partial charge on any atom is 0.134 e. The number of nitrogens with one attached hydrogen (secondary N) is 2. The summed E-state index contributed by atoms with van der Waals surface area (Å²) < 4.78 is 5.62. The zero-order valence-electron chi connectivity index (χ0n) is 13.5. The van der Waals surface area contributed by atoms with Crippen LogP contribution in [0.5, 0.6) is 0 Å². The van der Waals surface area contributed by atoms with Crippen molar-refractivity contribution in [1.29, 1.82) is 0 Å². The van der Waals surface area contributed by atoms with Crippen molar-refractivity contribution < 1.29 is 4.42 Å². The van der Waals surface area contributed by atoms with Crippen LogP contribution in [0.4, 0.5) is 0 Å². The van der Waals surface area contributed by atoms with Gasteiger partial charge >= 0.3 is 0 Å². The van der Waals surface area contributed by atoms with Crippen molar-refractivity contribution in [2.75, 3.05) is 0 Å². The number of piperidine rings is 1. The Kier molecular flexibility index (Phi) is 3.58. The molecule has 0 unspecified atom stereocenters. The summed E-state index contributed by atoms with van der Waals surface area (Å²) in [5.74, 6) is 0. The Hall–Kier alpha value is -1.32. The molecule has 1 aromatic carbocycles. The zero-order valence-corrected chi connectivity index (χ0v) is 13.5. The number of para-hydroxylation sites is 1. The van der Waals surface area contributed by atoms with Gasteiger partial charge in [-0.2, -0.15) is 0 Å². The van der Waals surface area contributed by atoms with Crippen molar-refractivity contribution in [2.45, 2.75) is 64.2 Å². The molecule has 0 aliphatic carbocycles. The van der Waals surface area contributed by atoms with Crippen LogP contribution in [0.25, 0.3) is 11.0 Å². The van der Waals surface area contributed by atoms with Gasteiger partial charge in [0.25, 0.3) is 0 Å². The van der Waals surface area contributed by atoms with Crippen LogP contribution in [0.2, 0.25) is 0 Å². The van der Waals surface area contributed by atoms with E-state index in [0.717, 1.165) is 25.0 Å². The van der Waals surface area contributed by atoms with Gasteiger partial charge in [-0.3, -0.25) is 0 Å². The number of hydrogen-bond acceptors (Lipinski definition) is 3. The monoisotopic (exact) mass is 286 g/mol. The van der Waals surface area contributed by atoms with E-state index in [9.17, 15) is 0 Å². The molecule has 0 atom stereocenters. The van der Waals surface area contributed by atoms with Gasteiger partial charge in [0, 0.05) is 34.6 Å². The van der Waals surface area contributed by atoms with Gasteiger partial charge in [0.15, 0.2) is 0 Å². The fourth-order valence-corrected chi connectivity index (χ4v) is 3.89. The quantitative estimate of drug-likeness (QED) is 0.900. The predicted molar refractivity (Wildman–Crippen MR) is 87.4 cm³/mol. The second-order valence-corrected chi connectivity index (χ2v) is 7.64. The molecule has 0 radical (unpaired) electrons. The van der Waals surface area contributed by atoms with E-state index in [-0.39, 0.29) is 11.1 Å². The van der Waals surface area contributed by atoms with Gasteiger partial charge in [-0.05, 0) is 46.6 Å². The molecule has 21 heavy (non-hydrogen) atoms. The predicted octanol–water partition coefficient (Wildman–Crippen LogP) is 3.83. The molecule has 2 heterocycles. The third-order valence-electron chi connectivity index (χ3n) is 4.33. The fourth-order valence-electron chi connectivity index (χ4n) is 3.89. The maximum absolute atomic E-state index is 5.62. The first-order valence-electron chi connectivity index (χ1n) is 7.83. The second kappa shape index (κ2) is 5.15. The molecule has 1 fully saturated rings. The standard InChI is InChI=1S/C18H26N2O/c1-17(2)9-14(10-18(3,4)20-17)19-11-13-12-21-16-8-6-5-7-15(13)16/h5-8,12,14,19-20H,9-11H2,1-4H3. The normalized spacial score (nSPS) is 21.7. The molecule has 0 amide bonds. The Balaban J connectivity index is 1.70. The highest BCUT2D eigenvalue weighted by atomic mass is 16.3. The van der Waals surface area contributed by atoms with E-state index in [2.05, 4.69) is 50.5 Å². The molecule has 1 saturated heterocycles. The Labute approximate surface area is 127 Å². The molecule has 3 rings (SSSR count). The van der Waals surface area contributed by atoms with Crippen molar-refractivity contribution in [2.24, 2.45) is 0 Å². The second-order valence-electron chi connectivity index (χ2n) is 7.64. The highest BCUT2D eigenvalue weighted by Crippen LogP contribution is 2.29. The number of rotatable bonds is 3. The van der Waals surface area contributed by atoms with Gasteiger partial charge < -0.3 is 15.1 Å². The van der Waals surface area contributed by atoms with E-state index in [1.54, 1.807) is 0 Å². The molecule has 2 aromatic rings. The average Bonchev–Trinajstić information content (AvgIpc) is 2.76. The number of hydrogen-bond donors (Lipinski definition) is 2. The van der Waals surface area contributed by atoms with E-state index in [0.29, 0.717) is 6.04 Å². The van der Waals surface area contributed by atoms with Crippen molar-refractivity contribution in [3.05, 3.63) is 36.1 Å². The van der Waals surface area contributed by atoms with E-state index in [1.807, 2.05) is 18.4 Å². The number of fused-ring (bicyclic) bond motifs is 1. The maximum atomic E-state index is 5.62. The van der Waals surface area contributed by atoms with Gasteiger partial charge in [0.05, 0.1) is 6.26 Å². The highest BCUT2D eigenvalue weighted by Gasteiger charge is 2.37. The summed E-state index contributed by atoms with van der Waals surface area (Å²) in [4.78, 5) is 0. The molecular weight excluding hydrogens is 260 g/mol. The summed E-state index contributed by atoms with van der Waals surface area (Å²) in [5.41, 5.74) is 2.58. The number of furan rings is 1. The van der Waals surface area contributed by atoms with E-state index < -0.39 is 0 Å². The minimum atomic E-state index is 0.178. The first-order valence-corrected chi connectivity index (χ1v) is 7.83. The molecule has 1 aliphatic heterocycles. The number of benzene rings is 1. The van der Waals surface area contributed by atoms with E-state index >= 15 is 0 Å². The van der Waals surface area contributed by atoms with Gasteiger partial charge in [-0.25, -0.2) is 0 Å². The van der Waals surface area contributed by atoms with Crippen molar-refractivity contribution in [1.82, 2.24) is 10.6 Å². The lowest BCUT2D eigenvalue weighted by molar-refractivity contribution is 0.145. The lowest BCUT2D eigenvalue weighted by atomic mass is 9.79. The molecule has 3 heteroatoms. The largest absolute Gasteiger partial charge is 0.464 e. The third-order valence-corrected chi connectivity index (χ3v) is 4.33. The van der Waals surface area contributed by atoms with Gasteiger partial charge in [0.2, 0.25) is 0 Å². The van der Waals surface area contributed by atoms with Crippen LogP contribution in [0.15, 0.2) is 34.9 Å². The summed E-state index contributed by atoms with van der Waals surface area (Å²) in [7, 11) is 0. The third kappa shape index (κ3) is 3.30. The van der Waals surface area contributed by atoms with Crippen LogP contribution < -0.4 is 10.6 Å². The van der Waals surface area contributed by atoms with Crippen LogP contribution in [0.3, 0.4) is 0 Å². The SMILES string of the molecule is CC1(C)CC(NCc2coc3ccccc23)CC(C)(C)N1. The molecular formula is C18H26N2O. The summed E-state index contributed by atoms with van der Waals surface area (Å²) in [5, 5.41) is 8.67. The van der Waals surface area contributed by atoms with E-state index in [1.165, 1.54) is 10.9 Å². The summed E-state index contributed by atoms with van der Waals surface area (Å²) >= 11 is 0. The minimum Gasteiger partial charge on any atom is -0.464 e. The molecule has 0 bridgehead atoms. The van der Waals surface area contributed by atoms with Gasteiger partial charge in [-0.15, -0.1) is 0 Å². The molecule has 2 N–H and O–H groups in total. The van der Waals surface area contributed by atoms with Crippen LogP contribution in [-0.2, 0) is 6.54 Å². The van der Waals surface area contributed by atoms with Gasteiger partial charge in [0.1, 0.15) is 5.58 Å². The van der Waals surface area contributed by atoms with Crippen LogP contribution in [-0.4, -0.2) is 17.1 Å². The average molecular weight is 286 g/mol. The lowest BCUT2D eigenvalue weighted by Crippen LogP contribution is -2.61. The smallest absolute Gasteiger partial charge is 0.134 e. The topological polar surface area (TPSA) is 37.2 Å². The summed E-state index contributed by atoms with van der Waals surface area (Å²) in [6.07, 6.45) is 4.17. The molecule has 0 spiro atoms. The van der Waals surface area contributed by atoms with Crippen molar-refractivity contribution in [3.63, 3.8) is 0 Å². The zero-order chi connectivity index (χ0) is 15.1. The van der Waals surface area contributed by atoms with Crippen LogP contribution >= 0.6 is 0 Å². The highest BCUT2D eigenvalue weighted by molar-refractivity contribution is 5.80. The first kappa shape index (κ1) is 14.6. The summed E-state index contributed by atoms with van der Waals surface area (Å²) in [6, 6.07) is 8.77.